The quantitative estimate of drug-likeness (QED) is 0.858. The third-order valence-corrected chi connectivity index (χ3v) is 4.14. The minimum atomic E-state index is 0.0146. The number of para-hydroxylation sites is 2. The molecule has 1 aliphatic heterocycles. The first-order chi connectivity index (χ1) is 12.1. The van der Waals surface area contributed by atoms with Gasteiger partial charge in [0.1, 0.15) is 5.02 Å². The number of anilines is 1. The van der Waals surface area contributed by atoms with E-state index < -0.39 is 0 Å². The second kappa shape index (κ2) is 8.38. The number of halogens is 2. The monoisotopic (exact) mass is 381 g/mol. The first kappa shape index (κ1) is 17.8. The average Bonchev–Trinajstić information content (AvgIpc) is 2.63. The lowest BCUT2D eigenvalue weighted by Gasteiger charge is -2.27. The molecule has 6 nitrogen and oxygen atoms in total. The summed E-state index contributed by atoms with van der Waals surface area (Å²) in [7, 11) is 0. The Balaban J connectivity index is 1.67. The third kappa shape index (κ3) is 4.75. The zero-order valence-corrected chi connectivity index (χ0v) is 14.9. The zero-order chi connectivity index (χ0) is 17.6. The number of nitrogens with one attached hydrogen (secondary N) is 1. The van der Waals surface area contributed by atoms with Crippen LogP contribution in [-0.4, -0.2) is 48.6 Å². The van der Waals surface area contributed by atoms with Crippen LogP contribution < -0.4 is 10.1 Å². The molecule has 0 spiro atoms. The Kier molecular flexibility index (Phi) is 5.96. The molecule has 3 rings (SSSR count). The van der Waals surface area contributed by atoms with Crippen molar-refractivity contribution in [2.75, 3.05) is 38.2 Å². The summed E-state index contributed by atoms with van der Waals surface area (Å²) in [6, 6.07) is 8.84. The highest BCUT2D eigenvalue weighted by Gasteiger charge is 2.17. The highest BCUT2D eigenvalue weighted by atomic mass is 35.5. The van der Waals surface area contributed by atoms with Crippen LogP contribution in [-0.2, 0) is 9.53 Å². The summed E-state index contributed by atoms with van der Waals surface area (Å²) >= 11 is 11.9. The van der Waals surface area contributed by atoms with Gasteiger partial charge < -0.3 is 19.7 Å². The maximum atomic E-state index is 12.3. The van der Waals surface area contributed by atoms with Crippen molar-refractivity contribution in [1.29, 1.82) is 0 Å². The molecule has 1 amide bonds. The van der Waals surface area contributed by atoms with Crippen molar-refractivity contribution >= 4 is 34.8 Å². The summed E-state index contributed by atoms with van der Waals surface area (Å²) in [4.78, 5) is 18.1. The standard InChI is InChI=1S/C17H17Cl2N3O3/c18-12-9-13(19)17(21-10-12)25-15-4-2-1-3-14(15)20-11-16(23)22-5-7-24-8-6-22/h1-4,9-10,20H,5-8,11H2. The van der Waals surface area contributed by atoms with E-state index in [1.165, 1.54) is 6.20 Å². The molecule has 1 aliphatic rings. The number of aromatic nitrogens is 1. The molecule has 0 atom stereocenters. The highest BCUT2D eigenvalue weighted by molar-refractivity contribution is 6.35. The van der Waals surface area contributed by atoms with Gasteiger partial charge in [0.05, 0.1) is 30.5 Å². The fourth-order valence-corrected chi connectivity index (χ4v) is 2.80. The van der Waals surface area contributed by atoms with Crippen molar-refractivity contribution < 1.29 is 14.3 Å². The summed E-state index contributed by atoms with van der Waals surface area (Å²) < 4.78 is 11.0. The Labute approximate surface area is 155 Å². The molecule has 2 aromatic rings. The van der Waals surface area contributed by atoms with Gasteiger partial charge in [-0.3, -0.25) is 4.79 Å². The van der Waals surface area contributed by atoms with E-state index in [1.54, 1.807) is 17.0 Å². The number of morpholine rings is 1. The van der Waals surface area contributed by atoms with E-state index in [9.17, 15) is 4.79 Å². The molecule has 8 heteroatoms. The van der Waals surface area contributed by atoms with Crippen LogP contribution in [0.5, 0.6) is 11.6 Å². The van der Waals surface area contributed by atoms with Crippen LogP contribution in [0, 0.1) is 0 Å². The van der Waals surface area contributed by atoms with Gasteiger partial charge in [0.25, 0.3) is 0 Å². The summed E-state index contributed by atoms with van der Waals surface area (Å²) in [5.74, 6) is 0.787. The minimum absolute atomic E-state index is 0.0146. The fourth-order valence-electron chi connectivity index (χ4n) is 2.38. The van der Waals surface area contributed by atoms with Gasteiger partial charge in [0.2, 0.25) is 11.8 Å². The number of hydrogen-bond acceptors (Lipinski definition) is 5. The third-order valence-electron chi connectivity index (χ3n) is 3.66. The lowest BCUT2D eigenvalue weighted by molar-refractivity contribution is -0.133. The van der Waals surface area contributed by atoms with Crippen LogP contribution in [0.25, 0.3) is 0 Å². The van der Waals surface area contributed by atoms with E-state index >= 15 is 0 Å². The molecule has 132 valence electrons. The zero-order valence-electron chi connectivity index (χ0n) is 13.4. The number of carbonyl (C=O) groups excluding carboxylic acids is 1. The molecule has 1 aromatic heterocycles. The number of benzene rings is 1. The Morgan fingerprint density at radius 3 is 2.80 bits per heavy atom. The van der Waals surface area contributed by atoms with Gasteiger partial charge in [-0.2, -0.15) is 0 Å². The second-order valence-electron chi connectivity index (χ2n) is 5.39. The number of pyridine rings is 1. The van der Waals surface area contributed by atoms with Gasteiger partial charge >= 0.3 is 0 Å². The van der Waals surface area contributed by atoms with Crippen molar-refractivity contribution in [2.45, 2.75) is 0 Å². The first-order valence-electron chi connectivity index (χ1n) is 7.81. The number of nitrogens with zero attached hydrogens (tertiary/aromatic N) is 2. The van der Waals surface area contributed by atoms with Crippen LogP contribution in [0.4, 0.5) is 5.69 Å². The van der Waals surface area contributed by atoms with Crippen LogP contribution in [0.15, 0.2) is 36.5 Å². The molecule has 1 aromatic carbocycles. The number of carbonyl (C=O) groups is 1. The van der Waals surface area contributed by atoms with Crippen LogP contribution >= 0.6 is 23.2 Å². The molecule has 0 unspecified atom stereocenters. The number of rotatable bonds is 5. The van der Waals surface area contributed by atoms with Crippen molar-refractivity contribution in [1.82, 2.24) is 9.88 Å². The van der Waals surface area contributed by atoms with Gasteiger partial charge in [-0.1, -0.05) is 35.3 Å². The van der Waals surface area contributed by atoms with Gasteiger partial charge in [-0.05, 0) is 18.2 Å². The van der Waals surface area contributed by atoms with Crippen molar-refractivity contribution in [3.63, 3.8) is 0 Å². The number of amides is 1. The van der Waals surface area contributed by atoms with E-state index in [0.717, 1.165) is 0 Å². The predicted molar refractivity (Wildman–Crippen MR) is 96.7 cm³/mol. The van der Waals surface area contributed by atoms with Crippen molar-refractivity contribution in [3.05, 3.63) is 46.6 Å². The van der Waals surface area contributed by atoms with Gasteiger partial charge in [-0.25, -0.2) is 4.98 Å². The lowest BCUT2D eigenvalue weighted by Crippen LogP contribution is -2.43. The van der Waals surface area contributed by atoms with E-state index in [2.05, 4.69) is 10.3 Å². The van der Waals surface area contributed by atoms with Crippen molar-refractivity contribution in [3.8, 4) is 11.6 Å². The highest BCUT2D eigenvalue weighted by Crippen LogP contribution is 2.33. The van der Waals surface area contributed by atoms with Gasteiger partial charge in [0, 0.05) is 19.3 Å². The molecule has 1 saturated heterocycles. The van der Waals surface area contributed by atoms with E-state index in [1.807, 2.05) is 18.2 Å². The molecule has 2 heterocycles. The van der Waals surface area contributed by atoms with E-state index in [0.29, 0.717) is 47.8 Å². The smallest absolute Gasteiger partial charge is 0.242 e. The molecule has 0 bridgehead atoms. The number of hydrogen-bond donors (Lipinski definition) is 1. The average molecular weight is 382 g/mol. The Morgan fingerprint density at radius 2 is 2.04 bits per heavy atom. The van der Waals surface area contributed by atoms with Gasteiger partial charge in [-0.15, -0.1) is 0 Å². The van der Waals surface area contributed by atoms with Crippen molar-refractivity contribution in [2.24, 2.45) is 0 Å². The van der Waals surface area contributed by atoms with E-state index in [4.69, 9.17) is 32.7 Å². The SMILES string of the molecule is O=C(CNc1ccccc1Oc1ncc(Cl)cc1Cl)N1CCOCC1. The predicted octanol–water partition coefficient (Wildman–Crippen LogP) is 3.45. The van der Waals surface area contributed by atoms with E-state index in [-0.39, 0.29) is 18.3 Å². The molecule has 1 N–H and O–H groups in total. The topological polar surface area (TPSA) is 63.7 Å². The summed E-state index contributed by atoms with van der Waals surface area (Å²) in [5, 5.41) is 3.85. The molecular weight excluding hydrogens is 365 g/mol. The number of ether oxygens (including phenoxy) is 2. The fraction of sp³-hybridized carbons (Fsp3) is 0.294. The van der Waals surface area contributed by atoms with Gasteiger partial charge in [0.15, 0.2) is 5.75 Å². The largest absolute Gasteiger partial charge is 0.435 e. The maximum absolute atomic E-state index is 12.3. The maximum Gasteiger partial charge on any atom is 0.242 e. The molecule has 0 radical (unpaired) electrons. The second-order valence-corrected chi connectivity index (χ2v) is 6.23. The molecule has 0 saturated carbocycles. The normalized spacial score (nSPS) is 14.2. The summed E-state index contributed by atoms with van der Waals surface area (Å²) in [6.45, 7) is 2.55. The molecule has 1 fully saturated rings. The first-order valence-corrected chi connectivity index (χ1v) is 8.56. The summed E-state index contributed by atoms with van der Waals surface area (Å²) in [5.41, 5.74) is 0.678. The lowest BCUT2D eigenvalue weighted by atomic mass is 10.3. The molecular formula is C17H17Cl2N3O3. The Bertz CT molecular complexity index is 752. The summed E-state index contributed by atoms with van der Waals surface area (Å²) in [6.07, 6.45) is 1.46. The Hall–Kier alpha value is -2.02. The molecule has 0 aliphatic carbocycles. The minimum Gasteiger partial charge on any atom is -0.435 e. The van der Waals surface area contributed by atoms with Crippen LogP contribution in [0.3, 0.4) is 0 Å². The van der Waals surface area contributed by atoms with Crippen LogP contribution in [0.1, 0.15) is 0 Å². The molecule has 25 heavy (non-hydrogen) atoms. The Morgan fingerprint density at radius 1 is 1.28 bits per heavy atom. The van der Waals surface area contributed by atoms with Crippen LogP contribution in [0.2, 0.25) is 10.0 Å².